The average molecular weight is 329 g/mol. The third kappa shape index (κ3) is 3.39. The number of rotatable bonds is 4. The molecule has 0 spiro atoms. The number of amides is 1. The van der Waals surface area contributed by atoms with E-state index < -0.39 is 0 Å². The van der Waals surface area contributed by atoms with E-state index in [1.165, 1.54) is 0 Å². The summed E-state index contributed by atoms with van der Waals surface area (Å²) in [4.78, 5) is 14.5. The number of nitrogens with zero attached hydrogens (tertiary/aromatic N) is 2. The summed E-state index contributed by atoms with van der Waals surface area (Å²) in [6, 6.07) is 1.92. The molecule has 1 aromatic rings. The largest absolute Gasteiger partial charge is 0.381 e. The van der Waals surface area contributed by atoms with Crippen LogP contribution < -0.4 is 0 Å². The number of piperidine rings is 1. The fourth-order valence-corrected chi connectivity index (χ4v) is 3.00. The summed E-state index contributed by atoms with van der Waals surface area (Å²) < 4.78 is 8.35. The Kier molecular flexibility index (Phi) is 5.05. The van der Waals surface area contributed by atoms with Crippen molar-refractivity contribution in [3.05, 3.63) is 22.4 Å². The lowest BCUT2D eigenvalue weighted by molar-refractivity contribution is 0.0345. The first-order valence-electron chi connectivity index (χ1n) is 6.83. The number of halogens is 1. The van der Waals surface area contributed by atoms with E-state index in [0.717, 1.165) is 49.1 Å². The van der Waals surface area contributed by atoms with Gasteiger partial charge in [-0.25, -0.2) is 0 Å². The number of hydrogen-bond acceptors (Lipinski definition) is 2. The van der Waals surface area contributed by atoms with Crippen LogP contribution in [0.1, 0.15) is 36.7 Å². The van der Waals surface area contributed by atoms with Crippen molar-refractivity contribution < 1.29 is 9.53 Å². The maximum absolute atomic E-state index is 12.5. The summed E-state index contributed by atoms with van der Waals surface area (Å²) in [6.07, 6.45) is 5.17. The van der Waals surface area contributed by atoms with E-state index in [1.54, 1.807) is 7.11 Å². The van der Waals surface area contributed by atoms with E-state index in [-0.39, 0.29) is 5.91 Å². The number of carbonyl (C=O) groups is 1. The minimum atomic E-state index is 0.133. The Balaban J connectivity index is 2.07. The SMILES string of the molecule is CCCn1cc(Br)cc1C(=O)N1CCC(OC)CC1. The van der Waals surface area contributed by atoms with Crippen LogP contribution in [-0.2, 0) is 11.3 Å². The first-order chi connectivity index (χ1) is 9.15. The first kappa shape index (κ1) is 14.6. The molecule has 0 saturated carbocycles. The molecule has 1 aliphatic rings. The summed E-state index contributed by atoms with van der Waals surface area (Å²) in [5.41, 5.74) is 0.782. The van der Waals surface area contributed by atoms with Crippen LogP contribution in [0.25, 0.3) is 0 Å². The van der Waals surface area contributed by atoms with Gasteiger partial charge in [0.05, 0.1) is 6.10 Å². The van der Waals surface area contributed by atoms with Crippen molar-refractivity contribution in [2.75, 3.05) is 20.2 Å². The Morgan fingerprint density at radius 3 is 2.74 bits per heavy atom. The molecular formula is C14H21BrN2O2. The fourth-order valence-electron chi connectivity index (χ4n) is 2.54. The summed E-state index contributed by atoms with van der Waals surface area (Å²) in [5.74, 6) is 0.133. The zero-order chi connectivity index (χ0) is 13.8. The Labute approximate surface area is 122 Å². The molecule has 1 saturated heterocycles. The third-order valence-electron chi connectivity index (χ3n) is 3.61. The van der Waals surface area contributed by atoms with Crippen LogP contribution in [0.3, 0.4) is 0 Å². The molecule has 0 aromatic carbocycles. The molecule has 0 N–H and O–H groups in total. The van der Waals surface area contributed by atoms with Gasteiger partial charge in [-0.05, 0) is 41.3 Å². The van der Waals surface area contributed by atoms with E-state index in [9.17, 15) is 4.79 Å². The van der Waals surface area contributed by atoms with Gasteiger partial charge in [0.1, 0.15) is 5.69 Å². The van der Waals surface area contributed by atoms with Crippen molar-refractivity contribution in [3.8, 4) is 0 Å². The van der Waals surface area contributed by atoms with Gasteiger partial charge >= 0.3 is 0 Å². The summed E-state index contributed by atoms with van der Waals surface area (Å²) in [7, 11) is 1.74. The Hall–Kier alpha value is -0.810. The van der Waals surface area contributed by atoms with Crippen molar-refractivity contribution in [3.63, 3.8) is 0 Å². The molecule has 5 heteroatoms. The normalized spacial score (nSPS) is 16.9. The highest BCUT2D eigenvalue weighted by Crippen LogP contribution is 2.20. The molecule has 0 atom stereocenters. The quantitative estimate of drug-likeness (QED) is 0.851. The summed E-state index contributed by atoms with van der Waals surface area (Å²) in [5, 5.41) is 0. The van der Waals surface area contributed by atoms with Gasteiger partial charge in [-0.15, -0.1) is 0 Å². The van der Waals surface area contributed by atoms with Crippen LogP contribution in [-0.4, -0.2) is 41.7 Å². The smallest absolute Gasteiger partial charge is 0.270 e. The monoisotopic (exact) mass is 328 g/mol. The van der Waals surface area contributed by atoms with Gasteiger partial charge < -0.3 is 14.2 Å². The lowest BCUT2D eigenvalue weighted by Gasteiger charge is -2.31. The van der Waals surface area contributed by atoms with E-state index >= 15 is 0 Å². The molecule has 4 nitrogen and oxygen atoms in total. The second kappa shape index (κ2) is 6.57. The number of likely N-dealkylation sites (tertiary alicyclic amines) is 1. The second-order valence-electron chi connectivity index (χ2n) is 4.96. The van der Waals surface area contributed by atoms with Crippen molar-refractivity contribution in [1.29, 1.82) is 0 Å². The van der Waals surface area contributed by atoms with Crippen LogP contribution in [0.2, 0.25) is 0 Å². The Morgan fingerprint density at radius 2 is 2.16 bits per heavy atom. The van der Waals surface area contributed by atoms with Crippen LogP contribution in [0.4, 0.5) is 0 Å². The number of ether oxygens (including phenoxy) is 1. The molecule has 0 aliphatic carbocycles. The molecule has 0 unspecified atom stereocenters. The minimum absolute atomic E-state index is 0.133. The van der Waals surface area contributed by atoms with Crippen molar-refractivity contribution >= 4 is 21.8 Å². The van der Waals surface area contributed by atoms with Crippen molar-refractivity contribution in [2.45, 2.75) is 38.8 Å². The third-order valence-corrected chi connectivity index (χ3v) is 4.04. The second-order valence-corrected chi connectivity index (χ2v) is 5.88. The lowest BCUT2D eigenvalue weighted by Crippen LogP contribution is -2.41. The molecule has 1 fully saturated rings. The van der Waals surface area contributed by atoms with E-state index in [1.807, 2.05) is 21.7 Å². The molecule has 1 aromatic heterocycles. The number of hydrogen-bond donors (Lipinski definition) is 0. The van der Waals surface area contributed by atoms with Gasteiger partial charge in [0.15, 0.2) is 0 Å². The van der Waals surface area contributed by atoms with Gasteiger partial charge in [0.2, 0.25) is 0 Å². The predicted octanol–water partition coefficient (Wildman–Crippen LogP) is 2.91. The molecule has 2 rings (SSSR count). The van der Waals surface area contributed by atoms with Crippen LogP contribution in [0, 0.1) is 0 Å². The highest BCUT2D eigenvalue weighted by Gasteiger charge is 2.25. The number of carbonyl (C=O) groups excluding carboxylic acids is 1. The number of aromatic nitrogens is 1. The summed E-state index contributed by atoms with van der Waals surface area (Å²) >= 11 is 3.45. The molecule has 1 amide bonds. The van der Waals surface area contributed by atoms with Crippen LogP contribution in [0.5, 0.6) is 0 Å². The van der Waals surface area contributed by atoms with Crippen LogP contribution in [0.15, 0.2) is 16.7 Å². The van der Waals surface area contributed by atoms with E-state index in [4.69, 9.17) is 4.74 Å². The molecule has 0 bridgehead atoms. The first-order valence-corrected chi connectivity index (χ1v) is 7.62. The zero-order valence-electron chi connectivity index (χ0n) is 11.6. The number of aryl methyl sites for hydroxylation is 1. The summed E-state index contributed by atoms with van der Waals surface area (Å²) in [6.45, 7) is 4.56. The Morgan fingerprint density at radius 1 is 1.47 bits per heavy atom. The molecule has 2 heterocycles. The number of methoxy groups -OCH3 is 1. The Bertz CT molecular complexity index is 437. The molecular weight excluding hydrogens is 308 g/mol. The topological polar surface area (TPSA) is 34.5 Å². The molecule has 19 heavy (non-hydrogen) atoms. The van der Waals surface area contributed by atoms with Crippen LogP contribution >= 0.6 is 15.9 Å². The standard InChI is InChI=1S/C14H21BrN2O2/c1-3-6-17-10-11(15)9-13(17)14(18)16-7-4-12(19-2)5-8-16/h9-10,12H,3-8H2,1-2H3. The maximum atomic E-state index is 12.5. The molecule has 1 aliphatic heterocycles. The predicted molar refractivity (Wildman–Crippen MR) is 78.4 cm³/mol. The fraction of sp³-hybridized carbons (Fsp3) is 0.643. The van der Waals surface area contributed by atoms with Gasteiger partial charge in [-0.2, -0.15) is 0 Å². The average Bonchev–Trinajstić information content (AvgIpc) is 2.79. The van der Waals surface area contributed by atoms with Gasteiger partial charge in [0.25, 0.3) is 5.91 Å². The van der Waals surface area contributed by atoms with E-state index in [0.29, 0.717) is 6.10 Å². The minimum Gasteiger partial charge on any atom is -0.381 e. The van der Waals surface area contributed by atoms with Crippen molar-refractivity contribution in [2.24, 2.45) is 0 Å². The van der Waals surface area contributed by atoms with Gasteiger partial charge in [0, 0.05) is 37.4 Å². The van der Waals surface area contributed by atoms with Gasteiger partial charge in [-0.3, -0.25) is 4.79 Å². The van der Waals surface area contributed by atoms with Gasteiger partial charge in [-0.1, -0.05) is 6.92 Å². The highest BCUT2D eigenvalue weighted by molar-refractivity contribution is 9.10. The zero-order valence-corrected chi connectivity index (χ0v) is 13.1. The molecule has 0 radical (unpaired) electrons. The lowest BCUT2D eigenvalue weighted by atomic mass is 10.1. The van der Waals surface area contributed by atoms with E-state index in [2.05, 4.69) is 22.9 Å². The maximum Gasteiger partial charge on any atom is 0.270 e. The highest BCUT2D eigenvalue weighted by atomic mass is 79.9. The van der Waals surface area contributed by atoms with Crippen molar-refractivity contribution in [1.82, 2.24) is 9.47 Å². The molecule has 106 valence electrons.